The number of hydrazine groups is 1. The minimum absolute atomic E-state index is 1.05. The number of benzene rings is 2. The van der Waals surface area contributed by atoms with Crippen LogP contribution >= 0.6 is 22.6 Å². The molecule has 0 aliphatic heterocycles. The molecule has 0 amide bonds. The van der Waals surface area contributed by atoms with Crippen LogP contribution in [-0.4, -0.2) is 0 Å². The molecule has 76 valence electrons. The lowest BCUT2D eigenvalue weighted by Crippen LogP contribution is -2.08. The first-order chi connectivity index (χ1) is 7.34. The van der Waals surface area contributed by atoms with Crippen molar-refractivity contribution in [3.63, 3.8) is 0 Å². The standard InChI is InChI=1S/C12H11IN2/c13-10-5-4-8-12(9-10)15-14-11-6-2-1-3-7-11/h1-9,14-15H. The molecule has 3 heteroatoms. The van der Waals surface area contributed by atoms with E-state index in [-0.39, 0.29) is 0 Å². The normalized spacial score (nSPS) is 9.67. The van der Waals surface area contributed by atoms with Crippen molar-refractivity contribution in [2.24, 2.45) is 0 Å². The van der Waals surface area contributed by atoms with Gasteiger partial charge < -0.3 is 10.9 Å². The Morgan fingerprint density at radius 3 is 2.13 bits per heavy atom. The van der Waals surface area contributed by atoms with Gasteiger partial charge in [-0.25, -0.2) is 0 Å². The van der Waals surface area contributed by atoms with Crippen molar-refractivity contribution in [3.8, 4) is 0 Å². The fourth-order valence-corrected chi connectivity index (χ4v) is 1.78. The summed E-state index contributed by atoms with van der Waals surface area (Å²) in [6, 6.07) is 18.2. The number of hydrogen-bond acceptors (Lipinski definition) is 2. The molecule has 0 aromatic heterocycles. The Morgan fingerprint density at radius 1 is 0.733 bits per heavy atom. The average molecular weight is 310 g/mol. The monoisotopic (exact) mass is 310 g/mol. The molecule has 0 atom stereocenters. The summed E-state index contributed by atoms with van der Waals surface area (Å²) >= 11 is 2.29. The highest BCUT2D eigenvalue weighted by molar-refractivity contribution is 14.1. The van der Waals surface area contributed by atoms with E-state index in [1.165, 1.54) is 3.57 Å². The van der Waals surface area contributed by atoms with Gasteiger partial charge in [-0.05, 0) is 52.9 Å². The Balaban J connectivity index is 1.99. The third kappa shape index (κ3) is 3.13. The number of nitrogens with one attached hydrogen (secondary N) is 2. The van der Waals surface area contributed by atoms with Gasteiger partial charge in [-0.3, -0.25) is 0 Å². The van der Waals surface area contributed by atoms with Gasteiger partial charge in [0.1, 0.15) is 0 Å². The molecule has 0 aliphatic carbocycles. The minimum atomic E-state index is 1.05. The van der Waals surface area contributed by atoms with Crippen LogP contribution in [0.3, 0.4) is 0 Å². The van der Waals surface area contributed by atoms with Gasteiger partial charge in [0.2, 0.25) is 0 Å². The molecular weight excluding hydrogens is 299 g/mol. The van der Waals surface area contributed by atoms with Crippen LogP contribution in [0.1, 0.15) is 0 Å². The third-order valence-electron chi connectivity index (χ3n) is 1.95. The zero-order valence-electron chi connectivity index (χ0n) is 8.07. The fourth-order valence-electron chi connectivity index (χ4n) is 1.23. The van der Waals surface area contributed by atoms with E-state index in [9.17, 15) is 0 Å². The molecule has 2 N–H and O–H groups in total. The Morgan fingerprint density at radius 2 is 1.40 bits per heavy atom. The van der Waals surface area contributed by atoms with Crippen LogP contribution in [-0.2, 0) is 0 Å². The molecule has 0 fully saturated rings. The van der Waals surface area contributed by atoms with Crippen molar-refractivity contribution >= 4 is 34.0 Å². The molecule has 2 rings (SSSR count). The van der Waals surface area contributed by atoms with Crippen LogP contribution in [0, 0.1) is 3.57 Å². The summed E-state index contributed by atoms with van der Waals surface area (Å²) in [7, 11) is 0. The van der Waals surface area contributed by atoms with Crippen LogP contribution in [0.2, 0.25) is 0 Å². The third-order valence-corrected chi connectivity index (χ3v) is 2.62. The number of hydrogen-bond donors (Lipinski definition) is 2. The van der Waals surface area contributed by atoms with Crippen molar-refractivity contribution in [2.45, 2.75) is 0 Å². The molecule has 0 radical (unpaired) electrons. The summed E-state index contributed by atoms with van der Waals surface area (Å²) in [4.78, 5) is 0. The van der Waals surface area contributed by atoms with Crippen molar-refractivity contribution in [2.75, 3.05) is 10.9 Å². The highest BCUT2D eigenvalue weighted by Crippen LogP contribution is 2.13. The number of para-hydroxylation sites is 1. The Labute approximate surface area is 103 Å². The van der Waals surface area contributed by atoms with Gasteiger partial charge in [-0.2, -0.15) is 0 Å². The molecule has 2 aromatic carbocycles. The summed E-state index contributed by atoms with van der Waals surface area (Å²) in [6.07, 6.45) is 0. The first-order valence-corrected chi connectivity index (χ1v) is 5.75. The maximum atomic E-state index is 3.15. The molecule has 0 saturated carbocycles. The van der Waals surface area contributed by atoms with E-state index in [1.807, 2.05) is 42.5 Å². The summed E-state index contributed by atoms with van der Waals surface area (Å²) in [5.41, 5.74) is 8.39. The van der Waals surface area contributed by atoms with Crippen LogP contribution in [0.15, 0.2) is 54.6 Å². The molecule has 0 heterocycles. The van der Waals surface area contributed by atoms with E-state index in [0.717, 1.165) is 11.4 Å². The Kier molecular flexibility index (Phi) is 3.45. The smallest absolute Gasteiger partial charge is 0.0550 e. The zero-order valence-corrected chi connectivity index (χ0v) is 10.2. The topological polar surface area (TPSA) is 24.1 Å². The van der Waals surface area contributed by atoms with Gasteiger partial charge in [0.05, 0.1) is 11.4 Å². The first-order valence-electron chi connectivity index (χ1n) is 4.67. The lowest BCUT2D eigenvalue weighted by atomic mass is 10.3. The Bertz CT molecular complexity index is 429. The second-order valence-electron chi connectivity index (χ2n) is 3.13. The summed E-state index contributed by atoms with van der Waals surface area (Å²) < 4.78 is 1.22. The molecule has 0 bridgehead atoms. The minimum Gasteiger partial charge on any atom is -0.301 e. The molecule has 0 spiro atoms. The second-order valence-corrected chi connectivity index (χ2v) is 4.37. The predicted molar refractivity (Wildman–Crippen MR) is 72.8 cm³/mol. The van der Waals surface area contributed by atoms with Gasteiger partial charge in [-0.15, -0.1) is 0 Å². The first kappa shape index (κ1) is 10.3. The number of anilines is 2. The lowest BCUT2D eigenvalue weighted by Gasteiger charge is -2.09. The number of halogens is 1. The van der Waals surface area contributed by atoms with Gasteiger partial charge >= 0.3 is 0 Å². The number of rotatable bonds is 3. The summed E-state index contributed by atoms with van der Waals surface area (Å²) in [5.74, 6) is 0. The molecule has 0 aliphatic rings. The van der Waals surface area contributed by atoms with E-state index in [0.29, 0.717) is 0 Å². The van der Waals surface area contributed by atoms with Crippen LogP contribution in [0.4, 0.5) is 11.4 Å². The van der Waals surface area contributed by atoms with Crippen molar-refractivity contribution < 1.29 is 0 Å². The van der Waals surface area contributed by atoms with Crippen molar-refractivity contribution in [1.82, 2.24) is 0 Å². The fraction of sp³-hybridized carbons (Fsp3) is 0. The van der Waals surface area contributed by atoms with Crippen LogP contribution in [0.25, 0.3) is 0 Å². The molecule has 0 unspecified atom stereocenters. The van der Waals surface area contributed by atoms with Gasteiger partial charge in [-0.1, -0.05) is 24.3 Å². The van der Waals surface area contributed by atoms with E-state index in [1.54, 1.807) is 0 Å². The average Bonchev–Trinajstić information content (AvgIpc) is 2.28. The summed E-state index contributed by atoms with van der Waals surface area (Å²) in [6.45, 7) is 0. The van der Waals surface area contributed by atoms with Gasteiger partial charge in [0.15, 0.2) is 0 Å². The maximum absolute atomic E-state index is 3.15. The van der Waals surface area contributed by atoms with Gasteiger partial charge in [0.25, 0.3) is 0 Å². The SMILES string of the molecule is Ic1cccc(NNc2ccccc2)c1. The Hall–Kier alpha value is -1.23. The highest BCUT2D eigenvalue weighted by Gasteiger charge is 1.92. The molecule has 2 aromatic rings. The van der Waals surface area contributed by atoms with Crippen LogP contribution < -0.4 is 10.9 Å². The molecule has 0 saturated heterocycles. The van der Waals surface area contributed by atoms with Crippen LogP contribution in [0.5, 0.6) is 0 Å². The molecule has 15 heavy (non-hydrogen) atoms. The van der Waals surface area contributed by atoms with E-state index in [2.05, 4.69) is 45.6 Å². The van der Waals surface area contributed by atoms with Gasteiger partial charge in [0, 0.05) is 3.57 Å². The quantitative estimate of drug-likeness (QED) is 0.667. The largest absolute Gasteiger partial charge is 0.301 e. The zero-order chi connectivity index (χ0) is 10.5. The second kappa shape index (κ2) is 5.02. The predicted octanol–water partition coefficient (Wildman–Crippen LogP) is 3.73. The maximum Gasteiger partial charge on any atom is 0.0550 e. The summed E-state index contributed by atoms with van der Waals surface area (Å²) in [5, 5.41) is 0. The van der Waals surface area contributed by atoms with E-state index < -0.39 is 0 Å². The lowest BCUT2D eigenvalue weighted by molar-refractivity contribution is 1.41. The molecule has 2 nitrogen and oxygen atoms in total. The highest BCUT2D eigenvalue weighted by atomic mass is 127. The van der Waals surface area contributed by atoms with E-state index >= 15 is 0 Å². The van der Waals surface area contributed by atoms with Crippen molar-refractivity contribution in [3.05, 3.63) is 58.2 Å². The van der Waals surface area contributed by atoms with E-state index in [4.69, 9.17) is 0 Å². The molecular formula is C12H11IN2. The van der Waals surface area contributed by atoms with Crippen molar-refractivity contribution in [1.29, 1.82) is 0 Å².